The molecule has 0 unspecified atom stereocenters. The van der Waals surface area contributed by atoms with E-state index >= 15 is 0 Å². The second kappa shape index (κ2) is 4.15. The van der Waals surface area contributed by atoms with Crippen molar-refractivity contribution in [2.75, 3.05) is 13.2 Å². The number of hydrogen-bond donors (Lipinski definition) is 0. The summed E-state index contributed by atoms with van der Waals surface area (Å²) in [4.78, 5) is 12.4. The average molecular weight is 208 g/mol. The van der Waals surface area contributed by atoms with Crippen molar-refractivity contribution in [3.8, 4) is 0 Å². The van der Waals surface area contributed by atoms with Crippen LogP contribution in [0, 0.1) is 0 Å². The van der Waals surface area contributed by atoms with E-state index in [2.05, 4.69) is 0 Å². The van der Waals surface area contributed by atoms with Gasteiger partial charge in [0.2, 0.25) is 0 Å². The van der Waals surface area contributed by atoms with Gasteiger partial charge in [-0.15, -0.1) is 11.8 Å². The molecule has 14 heavy (non-hydrogen) atoms. The van der Waals surface area contributed by atoms with Crippen molar-refractivity contribution in [2.24, 2.45) is 0 Å². The van der Waals surface area contributed by atoms with Crippen LogP contribution in [0.2, 0.25) is 0 Å². The predicted octanol–water partition coefficient (Wildman–Crippen LogP) is 2.38. The molecule has 0 aliphatic carbocycles. The molecule has 0 saturated carbocycles. The van der Waals surface area contributed by atoms with Gasteiger partial charge in [-0.2, -0.15) is 0 Å². The van der Waals surface area contributed by atoms with Gasteiger partial charge in [0.1, 0.15) is 0 Å². The maximum atomic E-state index is 11.3. The highest BCUT2D eigenvalue weighted by molar-refractivity contribution is 8.00. The van der Waals surface area contributed by atoms with Gasteiger partial charge in [-0.3, -0.25) is 4.79 Å². The second-order valence-electron chi connectivity index (χ2n) is 3.33. The zero-order valence-corrected chi connectivity index (χ0v) is 8.84. The summed E-state index contributed by atoms with van der Waals surface area (Å²) in [6.07, 6.45) is 0. The van der Waals surface area contributed by atoms with E-state index in [0.29, 0.717) is 5.25 Å². The topological polar surface area (TPSA) is 26.3 Å². The van der Waals surface area contributed by atoms with Crippen LogP contribution in [0.4, 0.5) is 0 Å². The first-order chi connectivity index (χ1) is 6.77. The average Bonchev–Trinajstić information content (AvgIpc) is 2.12. The van der Waals surface area contributed by atoms with Gasteiger partial charge in [0.15, 0.2) is 5.78 Å². The zero-order chi connectivity index (χ0) is 9.97. The molecule has 1 heterocycles. The van der Waals surface area contributed by atoms with Gasteiger partial charge in [-0.1, -0.05) is 18.2 Å². The SMILES string of the molecule is CC(=O)c1ccccc1SC1COC1. The van der Waals surface area contributed by atoms with Crippen molar-refractivity contribution >= 4 is 17.5 Å². The van der Waals surface area contributed by atoms with Crippen LogP contribution >= 0.6 is 11.8 Å². The Morgan fingerprint density at radius 1 is 1.43 bits per heavy atom. The molecule has 2 rings (SSSR count). The number of ether oxygens (including phenoxy) is 1. The molecule has 0 atom stereocenters. The van der Waals surface area contributed by atoms with Crippen molar-refractivity contribution in [3.63, 3.8) is 0 Å². The Kier molecular flexibility index (Phi) is 2.89. The quantitative estimate of drug-likeness (QED) is 0.713. The Bertz CT molecular complexity index is 345. The highest BCUT2D eigenvalue weighted by Gasteiger charge is 2.21. The molecule has 1 aromatic rings. The van der Waals surface area contributed by atoms with Crippen LogP contribution in [0.25, 0.3) is 0 Å². The third-order valence-corrected chi connectivity index (χ3v) is 3.38. The highest BCUT2D eigenvalue weighted by atomic mass is 32.2. The molecule has 1 aromatic carbocycles. The largest absolute Gasteiger partial charge is 0.379 e. The number of benzene rings is 1. The lowest BCUT2D eigenvalue weighted by Gasteiger charge is -2.25. The first kappa shape index (κ1) is 9.74. The molecule has 1 fully saturated rings. The number of ketones is 1. The molecule has 0 aromatic heterocycles. The van der Waals surface area contributed by atoms with Crippen LogP contribution in [0.15, 0.2) is 29.2 Å². The van der Waals surface area contributed by atoms with E-state index in [1.54, 1.807) is 18.7 Å². The van der Waals surface area contributed by atoms with Crippen LogP contribution < -0.4 is 0 Å². The molecular formula is C11H12O2S. The summed E-state index contributed by atoms with van der Waals surface area (Å²) in [6, 6.07) is 7.75. The summed E-state index contributed by atoms with van der Waals surface area (Å²) < 4.78 is 5.10. The first-order valence-corrected chi connectivity index (χ1v) is 5.49. The minimum absolute atomic E-state index is 0.133. The Labute approximate surface area is 87.6 Å². The van der Waals surface area contributed by atoms with E-state index in [1.807, 2.05) is 24.3 Å². The van der Waals surface area contributed by atoms with Crippen molar-refractivity contribution in [1.82, 2.24) is 0 Å². The fourth-order valence-corrected chi connectivity index (χ4v) is 2.51. The van der Waals surface area contributed by atoms with E-state index < -0.39 is 0 Å². The fraction of sp³-hybridized carbons (Fsp3) is 0.364. The van der Waals surface area contributed by atoms with Crippen molar-refractivity contribution in [3.05, 3.63) is 29.8 Å². The molecule has 1 aliphatic heterocycles. The number of Topliss-reactive ketones (excluding diaryl/α,β-unsaturated/α-hetero) is 1. The highest BCUT2D eigenvalue weighted by Crippen LogP contribution is 2.30. The van der Waals surface area contributed by atoms with E-state index in [9.17, 15) is 4.79 Å². The van der Waals surface area contributed by atoms with E-state index in [0.717, 1.165) is 23.7 Å². The summed E-state index contributed by atoms with van der Waals surface area (Å²) in [5.74, 6) is 0.133. The summed E-state index contributed by atoms with van der Waals surface area (Å²) in [5, 5.41) is 0.524. The maximum Gasteiger partial charge on any atom is 0.160 e. The smallest absolute Gasteiger partial charge is 0.160 e. The molecule has 0 bridgehead atoms. The van der Waals surface area contributed by atoms with Crippen LogP contribution in [-0.4, -0.2) is 24.2 Å². The van der Waals surface area contributed by atoms with Crippen molar-refractivity contribution < 1.29 is 9.53 Å². The zero-order valence-electron chi connectivity index (χ0n) is 8.03. The van der Waals surface area contributed by atoms with Crippen LogP contribution in [0.5, 0.6) is 0 Å². The summed E-state index contributed by atoms with van der Waals surface area (Å²) in [5.41, 5.74) is 0.824. The lowest BCUT2D eigenvalue weighted by atomic mass is 10.1. The molecule has 0 radical (unpaired) electrons. The van der Waals surface area contributed by atoms with Gasteiger partial charge >= 0.3 is 0 Å². The molecule has 74 valence electrons. The Balaban J connectivity index is 2.17. The van der Waals surface area contributed by atoms with E-state index in [-0.39, 0.29) is 5.78 Å². The lowest BCUT2D eigenvalue weighted by Crippen LogP contribution is -2.30. The summed E-state index contributed by atoms with van der Waals surface area (Å²) >= 11 is 1.74. The molecule has 1 aliphatic rings. The van der Waals surface area contributed by atoms with Gasteiger partial charge in [-0.05, 0) is 13.0 Å². The fourth-order valence-electron chi connectivity index (χ4n) is 1.32. The van der Waals surface area contributed by atoms with E-state index in [1.165, 1.54) is 0 Å². The van der Waals surface area contributed by atoms with Gasteiger partial charge in [0.25, 0.3) is 0 Å². The number of thioether (sulfide) groups is 1. The van der Waals surface area contributed by atoms with Crippen LogP contribution in [-0.2, 0) is 4.74 Å². The van der Waals surface area contributed by atoms with Gasteiger partial charge in [0, 0.05) is 10.5 Å². The summed E-state index contributed by atoms with van der Waals surface area (Å²) in [7, 11) is 0. The number of rotatable bonds is 3. The Morgan fingerprint density at radius 2 is 2.14 bits per heavy atom. The minimum atomic E-state index is 0.133. The molecule has 0 amide bonds. The monoisotopic (exact) mass is 208 g/mol. The van der Waals surface area contributed by atoms with Gasteiger partial charge in [-0.25, -0.2) is 0 Å². The molecule has 0 spiro atoms. The van der Waals surface area contributed by atoms with E-state index in [4.69, 9.17) is 4.74 Å². The third-order valence-electron chi connectivity index (χ3n) is 2.17. The minimum Gasteiger partial charge on any atom is -0.379 e. The van der Waals surface area contributed by atoms with Crippen LogP contribution in [0.1, 0.15) is 17.3 Å². The Hall–Kier alpha value is -0.800. The number of carbonyl (C=O) groups is 1. The third kappa shape index (κ3) is 1.99. The van der Waals surface area contributed by atoms with Crippen molar-refractivity contribution in [2.45, 2.75) is 17.1 Å². The lowest BCUT2D eigenvalue weighted by molar-refractivity contribution is 0.0455. The number of carbonyl (C=O) groups excluding carboxylic acids is 1. The van der Waals surface area contributed by atoms with Crippen molar-refractivity contribution in [1.29, 1.82) is 0 Å². The molecule has 3 heteroatoms. The standard InChI is InChI=1S/C11H12O2S/c1-8(12)10-4-2-3-5-11(10)14-9-6-13-7-9/h2-5,9H,6-7H2,1H3. The predicted molar refractivity (Wildman–Crippen MR) is 56.9 cm³/mol. The number of hydrogen-bond acceptors (Lipinski definition) is 3. The molecule has 0 N–H and O–H groups in total. The molecule has 2 nitrogen and oxygen atoms in total. The van der Waals surface area contributed by atoms with Gasteiger partial charge in [0.05, 0.1) is 18.5 Å². The second-order valence-corrected chi connectivity index (χ2v) is 4.67. The molecular weight excluding hydrogens is 196 g/mol. The summed E-state index contributed by atoms with van der Waals surface area (Å²) in [6.45, 7) is 3.21. The van der Waals surface area contributed by atoms with Gasteiger partial charge < -0.3 is 4.74 Å². The Morgan fingerprint density at radius 3 is 2.71 bits per heavy atom. The van der Waals surface area contributed by atoms with Crippen LogP contribution in [0.3, 0.4) is 0 Å². The maximum absolute atomic E-state index is 11.3. The molecule has 1 saturated heterocycles. The first-order valence-electron chi connectivity index (χ1n) is 4.62. The normalized spacial score (nSPS) is 16.4.